The van der Waals surface area contributed by atoms with E-state index in [1.165, 1.54) is 0 Å². The van der Waals surface area contributed by atoms with Gasteiger partial charge in [-0.15, -0.1) is 0 Å². The molecule has 1 aromatic heterocycles. The lowest BCUT2D eigenvalue weighted by molar-refractivity contribution is 0.271. The maximum atomic E-state index is 5.77. The van der Waals surface area contributed by atoms with Crippen LogP contribution in [0, 0.1) is 0 Å². The topological polar surface area (TPSA) is 48.3 Å². The highest BCUT2D eigenvalue weighted by Gasteiger charge is 2.04. The first-order chi connectivity index (χ1) is 10.3. The van der Waals surface area contributed by atoms with Crippen molar-refractivity contribution in [2.24, 2.45) is 0 Å². The van der Waals surface area contributed by atoms with Crippen molar-refractivity contribution in [2.75, 3.05) is 19.8 Å². The minimum absolute atomic E-state index is 0.366. The van der Waals surface area contributed by atoms with Crippen molar-refractivity contribution in [3.05, 3.63) is 43.0 Å². The molecule has 0 saturated carbocycles. The van der Waals surface area contributed by atoms with Gasteiger partial charge in [0.15, 0.2) is 11.5 Å². The molecule has 1 N–H and O–H groups in total. The molecule has 0 bridgehead atoms. The third-order valence-electron chi connectivity index (χ3n) is 3.05. The quantitative estimate of drug-likeness (QED) is 0.720. The highest BCUT2D eigenvalue weighted by molar-refractivity contribution is 5.39. The first-order valence-electron chi connectivity index (χ1n) is 7.33. The molecule has 1 unspecified atom stereocenters. The average Bonchev–Trinajstić information content (AvgIpc) is 2.98. The van der Waals surface area contributed by atoms with Crippen LogP contribution >= 0.6 is 0 Å². The molecule has 2 rings (SSSR count). The lowest BCUT2D eigenvalue weighted by atomic mass is 10.3. The van der Waals surface area contributed by atoms with Crippen LogP contribution in [0.3, 0.4) is 0 Å². The van der Waals surface area contributed by atoms with Gasteiger partial charge in [-0.1, -0.05) is 12.1 Å². The first kappa shape index (κ1) is 15.4. The molecule has 114 valence electrons. The summed E-state index contributed by atoms with van der Waals surface area (Å²) in [6, 6.07) is 8.12. The molecule has 0 aliphatic carbocycles. The third-order valence-corrected chi connectivity index (χ3v) is 3.05. The summed E-state index contributed by atoms with van der Waals surface area (Å²) in [5.74, 6) is 1.59. The van der Waals surface area contributed by atoms with Crippen molar-refractivity contribution in [3.8, 4) is 11.5 Å². The molecule has 0 aliphatic rings. The molecule has 5 heteroatoms. The number of para-hydroxylation sites is 2. The van der Waals surface area contributed by atoms with E-state index in [2.05, 4.69) is 21.8 Å². The third kappa shape index (κ3) is 5.11. The predicted octanol–water partition coefficient (Wildman–Crippen LogP) is 2.34. The van der Waals surface area contributed by atoms with Crippen LogP contribution in [-0.2, 0) is 6.54 Å². The second kappa shape index (κ2) is 8.32. The smallest absolute Gasteiger partial charge is 0.161 e. The number of imidazole rings is 1. The highest BCUT2D eigenvalue weighted by atomic mass is 16.5. The van der Waals surface area contributed by atoms with E-state index in [-0.39, 0.29) is 0 Å². The Labute approximate surface area is 125 Å². The van der Waals surface area contributed by atoms with Crippen molar-refractivity contribution in [2.45, 2.75) is 26.4 Å². The normalized spacial score (nSPS) is 12.1. The van der Waals surface area contributed by atoms with Gasteiger partial charge in [0.25, 0.3) is 0 Å². The van der Waals surface area contributed by atoms with Gasteiger partial charge in [0.1, 0.15) is 6.61 Å². The summed E-state index contributed by atoms with van der Waals surface area (Å²) < 4.78 is 13.4. The Balaban J connectivity index is 1.69. The molecule has 1 atom stereocenters. The Bertz CT molecular complexity index is 514. The van der Waals surface area contributed by atoms with Crippen molar-refractivity contribution in [1.29, 1.82) is 0 Å². The van der Waals surface area contributed by atoms with E-state index in [1.54, 1.807) is 6.20 Å². The molecule has 0 fully saturated rings. The number of hydrogen-bond donors (Lipinski definition) is 1. The van der Waals surface area contributed by atoms with Crippen molar-refractivity contribution in [1.82, 2.24) is 14.9 Å². The minimum Gasteiger partial charge on any atom is -0.490 e. The average molecular weight is 289 g/mol. The summed E-state index contributed by atoms with van der Waals surface area (Å²) in [7, 11) is 0. The van der Waals surface area contributed by atoms with Crippen LogP contribution in [0.25, 0.3) is 0 Å². The van der Waals surface area contributed by atoms with Crippen molar-refractivity contribution >= 4 is 0 Å². The van der Waals surface area contributed by atoms with Crippen LogP contribution in [0.4, 0.5) is 0 Å². The molecular formula is C16H23N3O2. The monoisotopic (exact) mass is 289 g/mol. The van der Waals surface area contributed by atoms with Gasteiger partial charge < -0.3 is 19.4 Å². The standard InChI is InChI=1S/C16H23N3O2/c1-3-20-15-6-4-5-7-16(15)21-11-9-18-14(2)12-19-10-8-17-13-19/h4-8,10,13-14,18H,3,9,11-12H2,1-2H3. The Morgan fingerprint density at radius 3 is 2.67 bits per heavy atom. The predicted molar refractivity (Wildman–Crippen MR) is 82.8 cm³/mol. The number of aromatic nitrogens is 2. The number of ether oxygens (including phenoxy) is 2. The zero-order valence-corrected chi connectivity index (χ0v) is 12.7. The maximum Gasteiger partial charge on any atom is 0.161 e. The molecule has 1 heterocycles. The SMILES string of the molecule is CCOc1ccccc1OCCNC(C)Cn1ccnc1. The van der Waals surface area contributed by atoms with Crippen LogP contribution < -0.4 is 14.8 Å². The maximum absolute atomic E-state index is 5.77. The largest absolute Gasteiger partial charge is 0.490 e. The fraction of sp³-hybridized carbons (Fsp3) is 0.438. The summed E-state index contributed by atoms with van der Waals surface area (Å²) in [5, 5.41) is 3.43. The lowest BCUT2D eigenvalue weighted by Crippen LogP contribution is -2.33. The van der Waals surface area contributed by atoms with Gasteiger partial charge >= 0.3 is 0 Å². The highest BCUT2D eigenvalue weighted by Crippen LogP contribution is 2.25. The lowest BCUT2D eigenvalue weighted by Gasteiger charge is -2.15. The number of benzene rings is 1. The fourth-order valence-electron chi connectivity index (χ4n) is 2.09. The number of rotatable bonds is 9. The van der Waals surface area contributed by atoms with E-state index in [1.807, 2.05) is 43.7 Å². The van der Waals surface area contributed by atoms with Crippen LogP contribution in [0.5, 0.6) is 11.5 Å². The number of nitrogens with zero attached hydrogens (tertiary/aromatic N) is 2. The Hall–Kier alpha value is -2.01. The molecule has 0 radical (unpaired) electrons. The van der Waals surface area contributed by atoms with Crippen LogP contribution in [0.1, 0.15) is 13.8 Å². The van der Waals surface area contributed by atoms with Crippen LogP contribution in [-0.4, -0.2) is 35.4 Å². The second-order valence-corrected chi connectivity index (χ2v) is 4.84. The Morgan fingerprint density at radius 1 is 1.24 bits per heavy atom. The summed E-state index contributed by atoms with van der Waals surface area (Å²) >= 11 is 0. The van der Waals surface area contributed by atoms with E-state index in [4.69, 9.17) is 9.47 Å². The minimum atomic E-state index is 0.366. The second-order valence-electron chi connectivity index (χ2n) is 4.84. The van der Waals surface area contributed by atoms with Gasteiger partial charge in [-0.05, 0) is 26.0 Å². The zero-order valence-electron chi connectivity index (χ0n) is 12.7. The van der Waals surface area contributed by atoms with Gasteiger partial charge in [0, 0.05) is 31.5 Å². The summed E-state index contributed by atoms with van der Waals surface area (Å²) in [5.41, 5.74) is 0. The molecule has 5 nitrogen and oxygen atoms in total. The molecule has 2 aromatic rings. The summed E-state index contributed by atoms with van der Waals surface area (Å²) in [4.78, 5) is 4.04. The van der Waals surface area contributed by atoms with Gasteiger partial charge in [-0.25, -0.2) is 4.98 Å². The summed E-state index contributed by atoms with van der Waals surface area (Å²) in [6.45, 7) is 7.05. The van der Waals surface area contributed by atoms with Crippen LogP contribution in [0.15, 0.2) is 43.0 Å². The molecular weight excluding hydrogens is 266 g/mol. The van der Waals surface area contributed by atoms with Crippen molar-refractivity contribution < 1.29 is 9.47 Å². The van der Waals surface area contributed by atoms with Gasteiger partial charge in [0.05, 0.1) is 12.9 Å². The zero-order chi connectivity index (χ0) is 14.9. The number of hydrogen-bond acceptors (Lipinski definition) is 4. The van der Waals surface area contributed by atoms with Crippen LogP contribution in [0.2, 0.25) is 0 Å². The van der Waals surface area contributed by atoms with Gasteiger partial charge in [-0.3, -0.25) is 0 Å². The molecule has 0 spiro atoms. The molecule has 1 aromatic carbocycles. The first-order valence-corrected chi connectivity index (χ1v) is 7.33. The Morgan fingerprint density at radius 2 is 2.00 bits per heavy atom. The molecule has 0 amide bonds. The summed E-state index contributed by atoms with van der Waals surface area (Å²) in [6.07, 6.45) is 5.58. The van der Waals surface area contributed by atoms with E-state index < -0.39 is 0 Å². The molecule has 21 heavy (non-hydrogen) atoms. The molecule has 0 aliphatic heterocycles. The Kier molecular flexibility index (Phi) is 6.09. The number of nitrogens with one attached hydrogen (secondary N) is 1. The van der Waals surface area contributed by atoms with E-state index in [0.717, 1.165) is 24.6 Å². The van der Waals surface area contributed by atoms with Crippen molar-refractivity contribution in [3.63, 3.8) is 0 Å². The van der Waals surface area contributed by atoms with E-state index in [0.29, 0.717) is 19.3 Å². The van der Waals surface area contributed by atoms with Gasteiger partial charge in [0.2, 0.25) is 0 Å². The van der Waals surface area contributed by atoms with E-state index in [9.17, 15) is 0 Å². The van der Waals surface area contributed by atoms with E-state index >= 15 is 0 Å². The molecule has 0 saturated heterocycles. The van der Waals surface area contributed by atoms with Gasteiger partial charge in [-0.2, -0.15) is 0 Å². The fourth-order valence-corrected chi connectivity index (χ4v) is 2.09.